The first-order chi connectivity index (χ1) is 23.1. The molecular weight excluding hydrogens is 626 g/mol. The lowest BCUT2D eigenvalue weighted by Gasteiger charge is -2.36. The molecule has 1 fully saturated rings. The molecule has 1 aliphatic heterocycles. The molecule has 11 heteroatoms. The average Bonchev–Trinajstić information content (AvgIpc) is 3.08. The van der Waals surface area contributed by atoms with Gasteiger partial charge in [0.2, 0.25) is 5.78 Å². The maximum atomic E-state index is 14.5. The molecule has 6 rings (SSSR count). The van der Waals surface area contributed by atoms with Crippen molar-refractivity contribution in [2.75, 3.05) is 31.1 Å². The van der Waals surface area contributed by atoms with E-state index in [2.05, 4.69) is 4.90 Å². The van der Waals surface area contributed by atoms with Crippen molar-refractivity contribution in [2.45, 2.75) is 13.0 Å². The number of amides is 1. The highest BCUT2D eigenvalue weighted by Gasteiger charge is 2.27. The Morgan fingerprint density at radius 2 is 1.44 bits per heavy atom. The van der Waals surface area contributed by atoms with Crippen LogP contribution in [0.2, 0.25) is 0 Å². The number of carbonyl (C=O) groups excluding carboxylic acids is 2. The number of anilines is 1. The molecule has 7 nitrogen and oxygen atoms in total. The van der Waals surface area contributed by atoms with Gasteiger partial charge in [0, 0.05) is 55.1 Å². The normalized spacial score (nSPS) is 13.6. The van der Waals surface area contributed by atoms with E-state index < -0.39 is 51.8 Å². The molecule has 1 aliphatic rings. The molecule has 1 aromatic heterocycles. The predicted molar refractivity (Wildman–Crippen MR) is 174 cm³/mol. The van der Waals surface area contributed by atoms with Crippen molar-refractivity contribution in [3.05, 3.63) is 153 Å². The average molecular weight is 656 g/mol. The highest BCUT2D eigenvalue weighted by molar-refractivity contribution is 6.41. The van der Waals surface area contributed by atoms with Crippen molar-refractivity contribution in [3.63, 3.8) is 0 Å². The summed E-state index contributed by atoms with van der Waals surface area (Å²) in [6, 6.07) is 22.4. The van der Waals surface area contributed by atoms with Gasteiger partial charge in [0.05, 0.1) is 12.1 Å². The second kappa shape index (κ2) is 13.6. The molecule has 1 N–H and O–H groups in total. The Labute approximate surface area is 272 Å². The third kappa shape index (κ3) is 6.71. The maximum absolute atomic E-state index is 14.5. The number of benzene rings is 4. The van der Waals surface area contributed by atoms with Crippen molar-refractivity contribution in [2.24, 2.45) is 0 Å². The Morgan fingerprint density at radius 1 is 0.771 bits per heavy atom. The molecule has 48 heavy (non-hydrogen) atoms. The molecule has 2 heterocycles. The summed E-state index contributed by atoms with van der Waals surface area (Å²) in [7, 11) is 0. The zero-order valence-corrected chi connectivity index (χ0v) is 25.5. The van der Waals surface area contributed by atoms with Gasteiger partial charge >= 0.3 is 0 Å². The van der Waals surface area contributed by atoms with Crippen LogP contribution in [0.25, 0.3) is 16.5 Å². The molecule has 244 valence electrons. The molecule has 1 amide bonds. The third-order valence-corrected chi connectivity index (χ3v) is 8.32. The summed E-state index contributed by atoms with van der Waals surface area (Å²) < 4.78 is 57.0. The molecule has 4 aromatic carbocycles. The Balaban J connectivity index is 1.24. The van der Waals surface area contributed by atoms with Gasteiger partial charge in [-0.2, -0.15) is 0 Å². The van der Waals surface area contributed by atoms with Crippen LogP contribution >= 0.6 is 0 Å². The van der Waals surface area contributed by atoms with E-state index in [9.17, 15) is 37.1 Å². The molecule has 0 spiro atoms. The highest BCUT2D eigenvalue weighted by atomic mass is 19.2. The lowest BCUT2D eigenvalue weighted by molar-refractivity contribution is -0.142. The Morgan fingerprint density at radius 3 is 2.17 bits per heavy atom. The van der Waals surface area contributed by atoms with Crippen LogP contribution in [0.1, 0.15) is 22.3 Å². The highest BCUT2D eigenvalue weighted by Crippen LogP contribution is 2.27. The van der Waals surface area contributed by atoms with Crippen molar-refractivity contribution in [1.29, 1.82) is 0 Å². The lowest BCUT2D eigenvalue weighted by atomic mass is 10.0. The van der Waals surface area contributed by atoms with Crippen LogP contribution in [0.15, 0.2) is 102 Å². The molecule has 0 radical (unpaired) electrons. The number of hydrogen-bond donors (Lipinski definition) is 1. The summed E-state index contributed by atoms with van der Waals surface area (Å²) in [5.74, 6) is -7.78. The number of pyridine rings is 1. The molecule has 0 bridgehead atoms. The molecule has 0 unspecified atom stereocenters. The first kappa shape index (κ1) is 32.2. The number of hydrogen-bond acceptors (Lipinski definition) is 5. The van der Waals surface area contributed by atoms with Gasteiger partial charge in [-0.05, 0) is 53.3 Å². The predicted octanol–water partition coefficient (Wildman–Crippen LogP) is 6.01. The molecule has 1 saturated heterocycles. The van der Waals surface area contributed by atoms with Gasteiger partial charge in [-0.3, -0.25) is 14.4 Å². The van der Waals surface area contributed by atoms with Crippen LogP contribution in [-0.4, -0.2) is 52.4 Å². The number of piperazine rings is 1. The van der Waals surface area contributed by atoms with E-state index in [0.717, 1.165) is 33.2 Å². The number of carbonyl (C=O) groups is 2. The van der Waals surface area contributed by atoms with Crippen LogP contribution in [0.3, 0.4) is 0 Å². The fourth-order valence-electron chi connectivity index (χ4n) is 5.91. The van der Waals surface area contributed by atoms with Gasteiger partial charge in [-0.25, -0.2) is 17.6 Å². The smallest absolute Gasteiger partial charge is 0.294 e. The number of rotatable bonds is 8. The minimum absolute atomic E-state index is 0.0193. The van der Waals surface area contributed by atoms with E-state index in [0.29, 0.717) is 19.2 Å². The van der Waals surface area contributed by atoms with Crippen LogP contribution in [-0.2, 0) is 22.6 Å². The number of halogens is 4. The van der Waals surface area contributed by atoms with Gasteiger partial charge in [0.1, 0.15) is 11.6 Å². The minimum Gasteiger partial charge on any atom is -0.507 e. The monoisotopic (exact) mass is 655 g/mol. The molecule has 0 saturated carbocycles. The van der Waals surface area contributed by atoms with Gasteiger partial charge in [-0.1, -0.05) is 54.6 Å². The number of aliphatic hydroxyl groups is 1. The van der Waals surface area contributed by atoms with Crippen LogP contribution in [0.4, 0.5) is 23.2 Å². The standard InChI is InChI=1S/C37H29F4N3O4/c38-29-10-4-2-7-26(29)22-44-21-24(16-23-18-30(39)35(41)31(40)19-23)17-28(36(44)47)33(45)20-34(46)37(48)43-14-12-42(13-15-43)32-11-5-8-25-6-1-3-9-27(25)32/h1-11,17-21,45H,12-16,22H2/b33-20-. The number of nitrogens with zero attached hydrogens (tertiary/aromatic N) is 3. The van der Waals surface area contributed by atoms with Crippen molar-refractivity contribution < 1.29 is 32.3 Å². The van der Waals surface area contributed by atoms with Gasteiger partial charge < -0.3 is 19.5 Å². The zero-order valence-electron chi connectivity index (χ0n) is 25.5. The summed E-state index contributed by atoms with van der Waals surface area (Å²) in [4.78, 5) is 43.1. The van der Waals surface area contributed by atoms with E-state index in [1.807, 2.05) is 42.5 Å². The fraction of sp³-hybridized carbons (Fsp3) is 0.162. The molecule has 5 aromatic rings. The van der Waals surface area contributed by atoms with Crippen molar-refractivity contribution in [3.8, 4) is 0 Å². The number of fused-ring (bicyclic) bond motifs is 1. The fourth-order valence-corrected chi connectivity index (χ4v) is 5.91. The Hall–Kier alpha value is -5.71. The summed E-state index contributed by atoms with van der Waals surface area (Å²) >= 11 is 0. The van der Waals surface area contributed by atoms with E-state index >= 15 is 0 Å². The molecule has 0 aliphatic carbocycles. The summed E-state index contributed by atoms with van der Waals surface area (Å²) in [5.41, 5.74) is 0.200. The van der Waals surface area contributed by atoms with Gasteiger partial charge in [0.25, 0.3) is 11.5 Å². The van der Waals surface area contributed by atoms with Crippen molar-refractivity contribution >= 4 is 33.9 Å². The van der Waals surface area contributed by atoms with Crippen molar-refractivity contribution in [1.82, 2.24) is 9.47 Å². The van der Waals surface area contributed by atoms with E-state index in [4.69, 9.17) is 0 Å². The first-order valence-electron chi connectivity index (χ1n) is 15.2. The number of aliphatic hydroxyl groups excluding tert-OH is 1. The number of aromatic nitrogens is 1. The lowest BCUT2D eigenvalue weighted by Crippen LogP contribution is -2.50. The zero-order chi connectivity index (χ0) is 33.9. The van der Waals surface area contributed by atoms with E-state index in [1.165, 1.54) is 35.4 Å². The maximum Gasteiger partial charge on any atom is 0.294 e. The minimum atomic E-state index is -1.64. The quantitative estimate of drug-likeness (QED) is 0.0728. The second-order valence-corrected chi connectivity index (χ2v) is 11.5. The van der Waals surface area contributed by atoms with Gasteiger partial charge in [0.15, 0.2) is 17.5 Å². The number of ketones is 1. The second-order valence-electron chi connectivity index (χ2n) is 11.5. The summed E-state index contributed by atoms with van der Waals surface area (Å²) in [5, 5.41) is 13.1. The summed E-state index contributed by atoms with van der Waals surface area (Å²) in [6.07, 6.45) is 1.76. The Bertz CT molecular complexity index is 2110. The first-order valence-corrected chi connectivity index (χ1v) is 15.2. The largest absolute Gasteiger partial charge is 0.507 e. The SMILES string of the molecule is O=C(/C=C(\O)c1cc(Cc2cc(F)c(F)c(F)c2)cn(Cc2ccccc2F)c1=O)C(=O)N1CCN(c2cccc3ccccc23)CC1. The van der Waals surface area contributed by atoms with Crippen LogP contribution < -0.4 is 10.5 Å². The third-order valence-electron chi connectivity index (χ3n) is 8.32. The van der Waals surface area contributed by atoms with E-state index in [1.54, 1.807) is 6.07 Å². The Kier molecular flexibility index (Phi) is 9.11. The van der Waals surface area contributed by atoms with Gasteiger partial charge in [-0.15, -0.1) is 0 Å². The van der Waals surface area contributed by atoms with E-state index in [-0.39, 0.29) is 42.7 Å². The molecular formula is C37H29F4N3O4. The van der Waals surface area contributed by atoms with Crippen LogP contribution in [0.5, 0.6) is 0 Å². The molecule has 0 atom stereocenters. The topological polar surface area (TPSA) is 82.8 Å². The van der Waals surface area contributed by atoms with Crippen LogP contribution in [0, 0.1) is 23.3 Å². The summed E-state index contributed by atoms with van der Waals surface area (Å²) in [6.45, 7) is 1.15.